The molecule has 0 atom stereocenters. The molecule has 0 aliphatic heterocycles. The second kappa shape index (κ2) is 6.30. The van der Waals surface area contributed by atoms with Crippen molar-refractivity contribution < 1.29 is 23.1 Å². The van der Waals surface area contributed by atoms with E-state index < -0.39 is 28.8 Å². The number of halogens is 3. The lowest BCUT2D eigenvalue weighted by molar-refractivity contribution is -0.137. The van der Waals surface area contributed by atoms with Crippen molar-refractivity contribution in [2.75, 3.05) is 0 Å². The molecule has 9 heteroatoms. The standard InChI is InChI=1S/C19H20F3N3O3/c1-18(28)7-12(8-18)23-15(26)9-25-17(27)13-5-4-11(19(20,21)22)6-14(13)16(24-25)10-2-3-10/h4-6,10,12,28H,2-3,7-9H2,1H3,(H,23,26)/t12-,18+. The Bertz CT molecular complexity index is 1000. The lowest BCUT2D eigenvalue weighted by Gasteiger charge is -2.41. The summed E-state index contributed by atoms with van der Waals surface area (Å²) in [5.74, 6) is -0.411. The molecule has 1 heterocycles. The van der Waals surface area contributed by atoms with Crippen molar-refractivity contribution in [3.05, 3.63) is 39.8 Å². The third-order valence-corrected chi connectivity index (χ3v) is 5.31. The zero-order valence-electron chi connectivity index (χ0n) is 15.2. The Morgan fingerprint density at radius 1 is 1.32 bits per heavy atom. The Kier molecular flexibility index (Phi) is 4.26. The van der Waals surface area contributed by atoms with E-state index in [1.54, 1.807) is 6.92 Å². The molecular formula is C19H20F3N3O3. The summed E-state index contributed by atoms with van der Waals surface area (Å²) in [6, 6.07) is 2.85. The van der Waals surface area contributed by atoms with E-state index in [0.717, 1.165) is 35.7 Å². The van der Waals surface area contributed by atoms with Crippen molar-refractivity contribution >= 4 is 16.7 Å². The summed E-state index contributed by atoms with van der Waals surface area (Å²) in [7, 11) is 0. The van der Waals surface area contributed by atoms with Crippen molar-refractivity contribution in [1.82, 2.24) is 15.1 Å². The lowest BCUT2D eigenvalue weighted by atomic mass is 9.77. The molecular weight excluding hydrogens is 375 g/mol. The lowest BCUT2D eigenvalue weighted by Crippen LogP contribution is -2.54. The van der Waals surface area contributed by atoms with Crippen molar-refractivity contribution in [3.63, 3.8) is 0 Å². The van der Waals surface area contributed by atoms with Gasteiger partial charge in [0.05, 0.1) is 22.2 Å². The molecule has 150 valence electrons. The number of hydrogen-bond acceptors (Lipinski definition) is 4. The number of amides is 1. The van der Waals surface area contributed by atoms with Crippen LogP contribution < -0.4 is 10.9 Å². The van der Waals surface area contributed by atoms with Crippen LogP contribution in [0, 0.1) is 0 Å². The largest absolute Gasteiger partial charge is 0.416 e. The van der Waals surface area contributed by atoms with Crippen molar-refractivity contribution in [1.29, 1.82) is 0 Å². The summed E-state index contributed by atoms with van der Waals surface area (Å²) in [5, 5.41) is 17.0. The molecule has 6 nitrogen and oxygen atoms in total. The van der Waals surface area contributed by atoms with Crippen LogP contribution in [0.2, 0.25) is 0 Å². The summed E-state index contributed by atoms with van der Waals surface area (Å²) in [6.45, 7) is 1.37. The number of rotatable bonds is 4. The van der Waals surface area contributed by atoms with Crippen molar-refractivity contribution in [3.8, 4) is 0 Å². The maximum atomic E-state index is 13.1. The summed E-state index contributed by atoms with van der Waals surface area (Å²) in [5.41, 5.74) is -1.77. The maximum Gasteiger partial charge on any atom is 0.416 e. The minimum absolute atomic E-state index is 0.00243. The Morgan fingerprint density at radius 2 is 2.00 bits per heavy atom. The number of aliphatic hydroxyl groups is 1. The first kappa shape index (κ1) is 18.9. The molecule has 1 aromatic carbocycles. The Hall–Kier alpha value is -2.42. The van der Waals surface area contributed by atoms with E-state index >= 15 is 0 Å². The van der Waals surface area contributed by atoms with E-state index in [-0.39, 0.29) is 29.3 Å². The number of aromatic nitrogens is 2. The average Bonchev–Trinajstić information content (AvgIpc) is 3.39. The zero-order chi connectivity index (χ0) is 20.3. The van der Waals surface area contributed by atoms with Gasteiger partial charge in [-0.3, -0.25) is 9.59 Å². The van der Waals surface area contributed by atoms with Crippen LogP contribution in [0.1, 0.15) is 49.8 Å². The summed E-state index contributed by atoms with van der Waals surface area (Å²) in [4.78, 5) is 24.9. The van der Waals surface area contributed by atoms with Gasteiger partial charge in [-0.15, -0.1) is 0 Å². The van der Waals surface area contributed by atoms with Crippen LogP contribution in [0.25, 0.3) is 10.8 Å². The van der Waals surface area contributed by atoms with Crippen molar-refractivity contribution in [2.24, 2.45) is 0 Å². The van der Waals surface area contributed by atoms with Gasteiger partial charge in [0.15, 0.2) is 0 Å². The topological polar surface area (TPSA) is 84.2 Å². The fourth-order valence-electron chi connectivity index (χ4n) is 3.77. The highest BCUT2D eigenvalue weighted by molar-refractivity contribution is 5.85. The third-order valence-electron chi connectivity index (χ3n) is 5.31. The molecule has 2 fully saturated rings. The first-order valence-electron chi connectivity index (χ1n) is 9.17. The highest BCUT2D eigenvalue weighted by Gasteiger charge is 2.39. The van der Waals surface area contributed by atoms with Gasteiger partial charge in [-0.1, -0.05) is 0 Å². The van der Waals surface area contributed by atoms with Gasteiger partial charge in [-0.05, 0) is 50.8 Å². The normalized spacial score (nSPS) is 24.8. The molecule has 2 aliphatic carbocycles. The number of nitrogens with zero attached hydrogens (tertiary/aromatic N) is 2. The quantitative estimate of drug-likeness (QED) is 0.832. The number of carbonyl (C=O) groups excluding carboxylic acids is 1. The molecule has 0 saturated heterocycles. The van der Waals surface area contributed by atoms with Gasteiger partial charge in [-0.25, -0.2) is 4.68 Å². The Balaban J connectivity index is 1.65. The van der Waals surface area contributed by atoms with E-state index in [1.165, 1.54) is 0 Å². The molecule has 0 spiro atoms. The van der Waals surface area contributed by atoms with Gasteiger partial charge < -0.3 is 10.4 Å². The van der Waals surface area contributed by atoms with Gasteiger partial charge in [0.2, 0.25) is 5.91 Å². The number of hydrogen-bond donors (Lipinski definition) is 2. The Morgan fingerprint density at radius 3 is 2.57 bits per heavy atom. The molecule has 1 amide bonds. The van der Waals surface area contributed by atoms with E-state index in [0.29, 0.717) is 18.5 Å². The van der Waals surface area contributed by atoms with Crippen LogP contribution in [-0.4, -0.2) is 32.4 Å². The van der Waals surface area contributed by atoms with Crippen LogP contribution >= 0.6 is 0 Å². The minimum atomic E-state index is -4.51. The fourth-order valence-corrected chi connectivity index (χ4v) is 3.77. The predicted octanol–water partition coefficient (Wildman–Crippen LogP) is 2.32. The number of benzene rings is 1. The van der Waals surface area contributed by atoms with Gasteiger partial charge in [0.25, 0.3) is 5.56 Å². The third kappa shape index (κ3) is 3.63. The molecule has 0 bridgehead atoms. The first-order chi connectivity index (χ1) is 13.0. The molecule has 4 rings (SSSR count). The molecule has 1 aromatic heterocycles. The highest BCUT2D eigenvalue weighted by Crippen LogP contribution is 2.42. The summed E-state index contributed by atoms with van der Waals surface area (Å²) in [6.07, 6.45) is -2.05. The van der Waals surface area contributed by atoms with Crippen LogP contribution in [0.15, 0.2) is 23.0 Å². The number of fused-ring (bicyclic) bond motifs is 1. The molecule has 28 heavy (non-hydrogen) atoms. The number of nitrogens with one attached hydrogen (secondary N) is 1. The molecule has 2 saturated carbocycles. The summed E-state index contributed by atoms with van der Waals surface area (Å²) >= 11 is 0. The van der Waals surface area contributed by atoms with E-state index in [2.05, 4.69) is 10.4 Å². The molecule has 2 N–H and O–H groups in total. The monoisotopic (exact) mass is 395 g/mol. The second-order valence-electron chi connectivity index (χ2n) is 8.05. The molecule has 0 radical (unpaired) electrons. The highest BCUT2D eigenvalue weighted by atomic mass is 19.4. The minimum Gasteiger partial charge on any atom is -0.390 e. The zero-order valence-corrected chi connectivity index (χ0v) is 15.2. The van der Waals surface area contributed by atoms with Gasteiger partial charge in [0, 0.05) is 17.3 Å². The summed E-state index contributed by atoms with van der Waals surface area (Å²) < 4.78 is 40.2. The SMILES string of the molecule is C[C@]1(O)C[C@@H](NC(=O)Cn2nc(C3CC3)c3cc(C(F)(F)F)ccc3c2=O)C1. The van der Waals surface area contributed by atoms with Gasteiger partial charge in [-0.2, -0.15) is 18.3 Å². The predicted molar refractivity (Wildman–Crippen MR) is 94.8 cm³/mol. The van der Waals surface area contributed by atoms with Gasteiger partial charge >= 0.3 is 6.18 Å². The fraction of sp³-hybridized carbons (Fsp3) is 0.526. The van der Waals surface area contributed by atoms with Crippen molar-refractivity contribution in [2.45, 2.75) is 62.9 Å². The second-order valence-corrected chi connectivity index (χ2v) is 8.05. The van der Waals surface area contributed by atoms with E-state index in [4.69, 9.17) is 0 Å². The molecule has 2 aromatic rings. The number of carbonyl (C=O) groups is 1. The van der Waals surface area contributed by atoms with E-state index in [9.17, 15) is 27.9 Å². The van der Waals surface area contributed by atoms with Crippen LogP contribution in [0.5, 0.6) is 0 Å². The average molecular weight is 395 g/mol. The molecule has 0 unspecified atom stereocenters. The maximum absolute atomic E-state index is 13.1. The van der Waals surface area contributed by atoms with Crippen LogP contribution in [-0.2, 0) is 17.5 Å². The number of alkyl halides is 3. The first-order valence-corrected chi connectivity index (χ1v) is 9.17. The van der Waals surface area contributed by atoms with Gasteiger partial charge in [0.1, 0.15) is 6.54 Å². The smallest absolute Gasteiger partial charge is 0.390 e. The van der Waals surface area contributed by atoms with Crippen LogP contribution in [0.4, 0.5) is 13.2 Å². The van der Waals surface area contributed by atoms with E-state index in [1.807, 2.05) is 0 Å². The Labute approximate surface area is 158 Å². The van der Waals surface area contributed by atoms with Crippen LogP contribution in [0.3, 0.4) is 0 Å². The molecule has 2 aliphatic rings.